The summed E-state index contributed by atoms with van der Waals surface area (Å²) in [5, 5.41) is 5.28. The lowest BCUT2D eigenvalue weighted by Crippen LogP contribution is -2.37. The molecule has 0 N–H and O–H groups in total. The van der Waals surface area contributed by atoms with Gasteiger partial charge in [-0.05, 0) is 19.1 Å². The fourth-order valence-electron chi connectivity index (χ4n) is 2.74. The lowest BCUT2D eigenvalue weighted by atomic mass is 10.1. The number of morpholine rings is 1. The SMILES string of the molecule is Cc1ccc(-c2nc(N3CCOCC3)nc3c2cnn3C)cn1. The van der Waals surface area contributed by atoms with E-state index in [-0.39, 0.29) is 0 Å². The third-order valence-electron chi connectivity index (χ3n) is 4.06. The minimum absolute atomic E-state index is 0.703. The van der Waals surface area contributed by atoms with Crippen molar-refractivity contribution >= 4 is 17.0 Å². The zero-order chi connectivity index (χ0) is 15.8. The van der Waals surface area contributed by atoms with Crippen molar-refractivity contribution in [1.29, 1.82) is 0 Å². The minimum atomic E-state index is 0.703. The van der Waals surface area contributed by atoms with Crippen molar-refractivity contribution in [2.75, 3.05) is 31.2 Å². The first-order valence-electron chi connectivity index (χ1n) is 7.68. The summed E-state index contributed by atoms with van der Waals surface area (Å²) >= 11 is 0. The molecule has 0 bridgehead atoms. The highest BCUT2D eigenvalue weighted by molar-refractivity contribution is 5.90. The van der Waals surface area contributed by atoms with Crippen molar-refractivity contribution in [1.82, 2.24) is 24.7 Å². The van der Waals surface area contributed by atoms with Gasteiger partial charge in [-0.25, -0.2) is 4.98 Å². The molecule has 118 valence electrons. The zero-order valence-corrected chi connectivity index (χ0v) is 13.2. The predicted molar refractivity (Wildman–Crippen MR) is 87.3 cm³/mol. The molecule has 0 aromatic carbocycles. The van der Waals surface area contributed by atoms with Crippen LogP contribution in [0.2, 0.25) is 0 Å². The topological polar surface area (TPSA) is 69.0 Å². The maximum absolute atomic E-state index is 5.42. The van der Waals surface area contributed by atoms with Crippen molar-refractivity contribution < 1.29 is 4.74 Å². The molecule has 1 aliphatic rings. The third kappa shape index (κ3) is 2.53. The Morgan fingerprint density at radius 2 is 1.91 bits per heavy atom. The van der Waals surface area contributed by atoms with Gasteiger partial charge < -0.3 is 9.64 Å². The van der Waals surface area contributed by atoms with Gasteiger partial charge in [0.2, 0.25) is 5.95 Å². The van der Waals surface area contributed by atoms with Gasteiger partial charge in [-0.15, -0.1) is 0 Å². The smallest absolute Gasteiger partial charge is 0.228 e. The lowest BCUT2D eigenvalue weighted by molar-refractivity contribution is 0.122. The van der Waals surface area contributed by atoms with Crippen LogP contribution < -0.4 is 4.90 Å². The maximum atomic E-state index is 5.42. The van der Waals surface area contributed by atoms with Crippen LogP contribution in [-0.2, 0) is 11.8 Å². The van der Waals surface area contributed by atoms with Crippen molar-refractivity contribution in [2.24, 2.45) is 7.05 Å². The molecule has 1 fully saturated rings. The largest absolute Gasteiger partial charge is 0.378 e. The van der Waals surface area contributed by atoms with E-state index in [1.807, 2.05) is 38.5 Å². The van der Waals surface area contributed by atoms with E-state index in [2.05, 4.69) is 15.0 Å². The Morgan fingerprint density at radius 3 is 2.65 bits per heavy atom. The molecule has 0 amide bonds. The molecule has 0 radical (unpaired) electrons. The molecule has 4 heterocycles. The molecule has 0 spiro atoms. The van der Waals surface area contributed by atoms with Crippen LogP contribution >= 0.6 is 0 Å². The molecule has 0 saturated carbocycles. The van der Waals surface area contributed by atoms with E-state index in [1.165, 1.54) is 0 Å². The summed E-state index contributed by atoms with van der Waals surface area (Å²) in [5.41, 5.74) is 3.67. The van der Waals surface area contributed by atoms with Gasteiger partial charge in [-0.3, -0.25) is 9.67 Å². The van der Waals surface area contributed by atoms with Gasteiger partial charge in [0.15, 0.2) is 5.65 Å². The van der Waals surface area contributed by atoms with Crippen LogP contribution in [0.5, 0.6) is 0 Å². The van der Waals surface area contributed by atoms with Crippen LogP contribution in [0.15, 0.2) is 24.5 Å². The second-order valence-electron chi connectivity index (χ2n) is 5.67. The Morgan fingerprint density at radius 1 is 1.09 bits per heavy atom. The average molecular weight is 310 g/mol. The van der Waals surface area contributed by atoms with Crippen molar-refractivity contribution in [3.05, 3.63) is 30.2 Å². The van der Waals surface area contributed by atoms with E-state index < -0.39 is 0 Å². The molecule has 7 nitrogen and oxygen atoms in total. The van der Waals surface area contributed by atoms with Crippen LogP contribution in [-0.4, -0.2) is 51.0 Å². The first-order valence-corrected chi connectivity index (χ1v) is 7.68. The van der Waals surface area contributed by atoms with Gasteiger partial charge in [0.05, 0.1) is 30.5 Å². The number of ether oxygens (including phenoxy) is 1. The fourth-order valence-corrected chi connectivity index (χ4v) is 2.74. The third-order valence-corrected chi connectivity index (χ3v) is 4.06. The summed E-state index contributed by atoms with van der Waals surface area (Å²) in [6.45, 7) is 4.98. The summed E-state index contributed by atoms with van der Waals surface area (Å²) in [4.78, 5) is 16.0. The van der Waals surface area contributed by atoms with Crippen molar-refractivity contribution in [2.45, 2.75) is 6.92 Å². The Balaban J connectivity index is 1.89. The van der Waals surface area contributed by atoms with E-state index in [9.17, 15) is 0 Å². The minimum Gasteiger partial charge on any atom is -0.378 e. The number of aromatic nitrogens is 5. The number of pyridine rings is 1. The number of nitrogens with zero attached hydrogens (tertiary/aromatic N) is 6. The zero-order valence-electron chi connectivity index (χ0n) is 13.2. The number of fused-ring (bicyclic) bond motifs is 1. The fraction of sp³-hybridized carbons (Fsp3) is 0.375. The Labute approximate surface area is 133 Å². The molecule has 1 saturated heterocycles. The first-order chi connectivity index (χ1) is 11.2. The Kier molecular flexibility index (Phi) is 3.42. The molecule has 7 heteroatoms. The highest BCUT2D eigenvalue weighted by atomic mass is 16.5. The summed E-state index contributed by atoms with van der Waals surface area (Å²) in [6, 6.07) is 4.04. The lowest BCUT2D eigenvalue weighted by Gasteiger charge is -2.27. The summed E-state index contributed by atoms with van der Waals surface area (Å²) in [5.74, 6) is 0.722. The van der Waals surface area contributed by atoms with Gasteiger partial charge >= 0.3 is 0 Å². The van der Waals surface area contributed by atoms with Gasteiger partial charge in [0, 0.05) is 37.6 Å². The Hall–Kier alpha value is -2.54. The average Bonchev–Trinajstić information content (AvgIpc) is 2.97. The highest BCUT2D eigenvalue weighted by Crippen LogP contribution is 2.27. The number of hydrogen-bond acceptors (Lipinski definition) is 6. The maximum Gasteiger partial charge on any atom is 0.228 e. The molecule has 0 atom stereocenters. The molecule has 3 aromatic rings. The first kappa shape index (κ1) is 14.1. The molecule has 0 aliphatic carbocycles. The van der Waals surface area contributed by atoms with Crippen LogP contribution in [0.25, 0.3) is 22.3 Å². The molecule has 1 aliphatic heterocycles. The van der Waals surface area contributed by atoms with Gasteiger partial charge in [-0.1, -0.05) is 0 Å². The molecular formula is C16H18N6O. The van der Waals surface area contributed by atoms with E-state index >= 15 is 0 Å². The summed E-state index contributed by atoms with van der Waals surface area (Å²) in [7, 11) is 1.90. The highest BCUT2D eigenvalue weighted by Gasteiger charge is 2.19. The van der Waals surface area contributed by atoms with Crippen LogP contribution in [0.4, 0.5) is 5.95 Å². The van der Waals surface area contributed by atoms with E-state index in [0.717, 1.165) is 47.0 Å². The van der Waals surface area contributed by atoms with E-state index in [0.29, 0.717) is 13.2 Å². The Bertz CT molecular complexity index is 836. The molecule has 23 heavy (non-hydrogen) atoms. The second kappa shape index (κ2) is 5.58. The molecule has 4 rings (SSSR count). The molecular weight excluding hydrogens is 292 g/mol. The predicted octanol–water partition coefficient (Wildman–Crippen LogP) is 1.57. The summed E-state index contributed by atoms with van der Waals surface area (Å²) < 4.78 is 7.20. The quantitative estimate of drug-likeness (QED) is 0.715. The molecule has 0 unspecified atom stereocenters. The number of anilines is 1. The second-order valence-corrected chi connectivity index (χ2v) is 5.67. The molecule has 3 aromatic heterocycles. The number of aryl methyl sites for hydroxylation is 2. The van der Waals surface area contributed by atoms with Crippen molar-refractivity contribution in [3.63, 3.8) is 0 Å². The normalized spacial score (nSPS) is 15.3. The summed E-state index contributed by atoms with van der Waals surface area (Å²) in [6.07, 6.45) is 3.67. The van der Waals surface area contributed by atoms with Crippen LogP contribution in [0.3, 0.4) is 0 Å². The van der Waals surface area contributed by atoms with Gasteiger partial charge in [0.1, 0.15) is 0 Å². The standard InChI is InChI=1S/C16H18N6O/c1-11-3-4-12(9-17-11)14-13-10-18-21(2)15(13)20-16(19-14)22-5-7-23-8-6-22/h3-4,9-10H,5-8H2,1-2H3. The van der Waals surface area contributed by atoms with E-state index in [4.69, 9.17) is 14.7 Å². The van der Waals surface area contributed by atoms with Crippen LogP contribution in [0.1, 0.15) is 5.69 Å². The van der Waals surface area contributed by atoms with E-state index in [1.54, 1.807) is 4.68 Å². The van der Waals surface area contributed by atoms with Crippen LogP contribution in [0, 0.1) is 6.92 Å². The van der Waals surface area contributed by atoms with Gasteiger partial charge in [-0.2, -0.15) is 10.1 Å². The van der Waals surface area contributed by atoms with Crippen molar-refractivity contribution in [3.8, 4) is 11.3 Å². The number of rotatable bonds is 2. The monoisotopic (exact) mass is 310 g/mol. The van der Waals surface area contributed by atoms with Gasteiger partial charge in [0.25, 0.3) is 0 Å². The number of hydrogen-bond donors (Lipinski definition) is 0.